The molecule has 25 heavy (non-hydrogen) atoms. The van der Waals surface area contributed by atoms with Crippen LogP contribution in [0.5, 0.6) is 0 Å². The molecule has 4 rings (SSSR count). The fraction of sp³-hybridized carbons (Fsp3) is 0.421. The van der Waals surface area contributed by atoms with Gasteiger partial charge in [-0.1, -0.05) is 18.2 Å². The van der Waals surface area contributed by atoms with Crippen molar-refractivity contribution in [1.82, 2.24) is 15.1 Å². The van der Waals surface area contributed by atoms with Gasteiger partial charge in [-0.3, -0.25) is 19.6 Å². The second-order valence-electron chi connectivity index (χ2n) is 6.87. The van der Waals surface area contributed by atoms with Crippen LogP contribution in [0.3, 0.4) is 0 Å². The minimum atomic E-state index is -0.421. The fourth-order valence-electron chi connectivity index (χ4n) is 4.11. The van der Waals surface area contributed by atoms with Crippen molar-refractivity contribution in [2.75, 3.05) is 18.0 Å². The molecule has 1 aromatic heterocycles. The molecule has 2 atom stereocenters. The van der Waals surface area contributed by atoms with Gasteiger partial charge in [0.05, 0.1) is 0 Å². The molecule has 2 aliphatic heterocycles. The van der Waals surface area contributed by atoms with E-state index in [9.17, 15) is 9.59 Å². The number of nitrogens with one attached hydrogen (secondary N) is 1. The average molecular weight is 338 g/mol. The Kier molecular flexibility index (Phi) is 4.03. The summed E-state index contributed by atoms with van der Waals surface area (Å²) in [5.74, 6) is 0.260. The van der Waals surface area contributed by atoms with E-state index in [0.717, 1.165) is 36.3 Å². The summed E-state index contributed by atoms with van der Waals surface area (Å²) in [7, 11) is 0. The maximum Gasteiger partial charge on any atom is 0.246 e. The van der Waals surface area contributed by atoms with Crippen LogP contribution in [0.1, 0.15) is 36.9 Å². The molecule has 6 heteroatoms. The number of H-pyrrole nitrogens is 1. The Balaban J connectivity index is 1.55. The maximum atomic E-state index is 13.2. The molecule has 0 unspecified atom stereocenters. The number of nitrogens with zero attached hydrogens (tertiary/aromatic N) is 3. The van der Waals surface area contributed by atoms with Gasteiger partial charge in [-0.15, -0.1) is 0 Å². The lowest BCUT2D eigenvalue weighted by molar-refractivity contribution is -0.135. The molecule has 0 radical (unpaired) electrons. The summed E-state index contributed by atoms with van der Waals surface area (Å²) in [6.07, 6.45) is 4.36. The number of hydrogen-bond acceptors (Lipinski definition) is 3. The van der Waals surface area contributed by atoms with Crippen molar-refractivity contribution in [3.63, 3.8) is 0 Å². The highest BCUT2D eigenvalue weighted by Crippen LogP contribution is 2.34. The van der Waals surface area contributed by atoms with Gasteiger partial charge in [-0.05, 0) is 30.5 Å². The molecule has 1 fully saturated rings. The van der Waals surface area contributed by atoms with Crippen LogP contribution < -0.4 is 4.90 Å². The van der Waals surface area contributed by atoms with Crippen molar-refractivity contribution < 1.29 is 9.59 Å². The molecule has 2 amide bonds. The van der Waals surface area contributed by atoms with Gasteiger partial charge in [0.15, 0.2) is 0 Å². The van der Waals surface area contributed by atoms with Crippen molar-refractivity contribution in [1.29, 1.82) is 0 Å². The SMILES string of the molecule is CC(=O)N1c2ccccc2C[C@H]1C(=O)N1CCC[C@H](c2ccn[nH]2)C1. The molecule has 2 aliphatic rings. The summed E-state index contributed by atoms with van der Waals surface area (Å²) in [4.78, 5) is 29.0. The van der Waals surface area contributed by atoms with Crippen LogP contribution in [0.25, 0.3) is 0 Å². The number of anilines is 1. The van der Waals surface area contributed by atoms with Gasteiger partial charge in [-0.2, -0.15) is 5.10 Å². The summed E-state index contributed by atoms with van der Waals surface area (Å²) < 4.78 is 0. The standard InChI is InChI=1S/C19H22N4O2/c1-13(24)23-17-7-3-2-5-14(17)11-18(23)19(25)22-10-4-6-15(12-22)16-8-9-20-21-16/h2-3,5,7-9,15,18H,4,6,10-12H2,1H3,(H,20,21)/t15-,18-/m0/s1. The predicted molar refractivity (Wildman–Crippen MR) is 94.2 cm³/mol. The zero-order valence-corrected chi connectivity index (χ0v) is 14.3. The van der Waals surface area contributed by atoms with Crippen LogP contribution in [0.2, 0.25) is 0 Å². The van der Waals surface area contributed by atoms with E-state index >= 15 is 0 Å². The van der Waals surface area contributed by atoms with Gasteiger partial charge in [-0.25, -0.2) is 0 Å². The number of piperidine rings is 1. The highest BCUT2D eigenvalue weighted by atomic mass is 16.2. The number of fused-ring (bicyclic) bond motifs is 1. The Morgan fingerprint density at radius 1 is 1.24 bits per heavy atom. The molecule has 6 nitrogen and oxygen atoms in total. The molecule has 3 heterocycles. The number of benzene rings is 1. The lowest BCUT2D eigenvalue weighted by atomic mass is 9.94. The van der Waals surface area contributed by atoms with Crippen LogP contribution in [0.15, 0.2) is 36.5 Å². The molecule has 1 aromatic carbocycles. The largest absolute Gasteiger partial charge is 0.340 e. The minimum absolute atomic E-state index is 0.0515. The Bertz CT molecular complexity index is 786. The van der Waals surface area contributed by atoms with E-state index < -0.39 is 6.04 Å². The van der Waals surface area contributed by atoms with E-state index in [2.05, 4.69) is 10.2 Å². The van der Waals surface area contributed by atoms with E-state index in [1.165, 1.54) is 6.92 Å². The van der Waals surface area contributed by atoms with Crippen molar-refractivity contribution in [2.45, 2.75) is 38.1 Å². The number of carbonyl (C=O) groups excluding carboxylic acids is 2. The number of carbonyl (C=O) groups is 2. The summed E-state index contributed by atoms with van der Waals surface area (Å²) in [5, 5.41) is 7.05. The van der Waals surface area contributed by atoms with Crippen LogP contribution >= 0.6 is 0 Å². The number of aromatic amines is 1. The summed E-state index contributed by atoms with van der Waals surface area (Å²) >= 11 is 0. The Hall–Kier alpha value is -2.63. The van der Waals surface area contributed by atoms with Crippen LogP contribution in [-0.4, -0.2) is 46.0 Å². The van der Waals surface area contributed by atoms with Gasteiger partial charge >= 0.3 is 0 Å². The lowest BCUT2D eigenvalue weighted by Gasteiger charge is -2.35. The topological polar surface area (TPSA) is 69.3 Å². The van der Waals surface area contributed by atoms with Crippen LogP contribution in [-0.2, 0) is 16.0 Å². The quantitative estimate of drug-likeness (QED) is 0.912. The van der Waals surface area contributed by atoms with E-state index in [1.54, 1.807) is 11.1 Å². The van der Waals surface area contributed by atoms with Crippen molar-refractivity contribution in [3.05, 3.63) is 47.8 Å². The second-order valence-corrected chi connectivity index (χ2v) is 6.87. The lowest BCUT2D eigenvalue weighted by Crippen LogP contribution is -2.51. The van der Waals surface area contributed by atoms with Gasteiger partial charge in [0.25, 0.3) is 0 Å². The highest BCUT2D eigenvalue weighted by Gasteiger charge is 2.40. The van der Waals surface area contributed by atoms with Crippen LogP contribution in [0, 0.1) is 0 Å². The molecule has 0 saturated carbocycles. The Morgan fingerprint density at radius 3 is 2.84 bits per heavy atom. The van der Waals surface area contributed by atoms with Gasteiger partial charge in [0.2, 0.25) is 11.8 Å². The fourth-order valence-corrected chi connectivity index (χ4v) is 4.11. The maximum absolute atomic E-state index is 13.2. The summed E-state index contributed by atoms with van der Waals surface area (Å²) in [6, 6.07) is 9.35. The first-order valence-corrected chi connectivity index (χ1v) is 8.81. The molecule has 1 saturated heterocycles. The normalized spacial score (nSPS) is 22.8. The average Bonchev–Trinajstić information content (AvgIpc) is 3.28. The minimum Gasteiger partial charge on any atom is -0.340 e. The number of rotatable bonds is 2. The number of likely N-dealkylation sites (tertiary alicyclic amines) is 1. The van der Waals surface area contributed by atoms with Crippen LogP contribution in [0.4, 0.5) is 5.69 Å². The van der Waals surface area contributed by atoms with E-state index in [-0.39, 0.29) is 17.7 Å². The van der Waals surface area contributed by atoms with Gasteiger partial charge < -0.3 is 4.90 Å². The molecule has 0 spiro atoms. The molecular weight excluding hydrogens is 316 g/mol. The summed E-state index contributed by atoms with van der Waals surface area (Å²) in [5.41, 5.74) is 3.02. The van der Waals surface area contributed by atoms with E-state index in [4.69, 9.17) is 0 Å². The molecular formula is C19H22N4O2. The zero-order chi connectivity index (χ0) is 17.4. The second kappa shape index (κ2) is 6.35. The first-order chi connectivity index (χ1) is 12.1. The number of hydrogen-bond donors (Lipinski definition) is 1. The van der Waals surface area contributed by atoms with Crippen molar-refractivity contribution >= 4 is 17.5 Å². The smallest absolute Gasteiger partial charge is 0.246 e. The third kappa shape index (κ3) is 2.81. The number of amides is 2. The predicted octanol–water partition coefficient (Wildman–Crippen LogP) is 2.09. The van der Waals surface area contributed by atoms with Gasteiger partial charge in [0, 0.05) is 49.9 Å². The van der Waals surface area contributed by atoms with E-state index in [1.807, 2.05) is 35.2 Å². The highest BCUT2D eigenvalue weighted by molar-refractivity contribution is 6.02. The zero-order valence-electron chi connectivity index (χ0n) is 14.3. The Morgan fingerprint density at radius 2 is 2.08 bits per heavy atom. The Labute approximate surface area is 146 Å². The van der Waals surface area contributed by atoms with Gasteiger partial charge in [0.1, 0.15) is 6.04 Å². The first kappa shape index (κ1) is 15.9. The molecule has 2 aromatic rings. The first-order valence-electron chi connectivity index (χ1n) is 8.81. The monoisotopic (exact) mass is 338 g/mol. The third-order valence-electron chi connectivity index (χ3n) is 5.30. The molecule has 130 valence electrons. The molecule has 0 aliphatic carbocycles. The molecule has 0 bridgehead atoms. The third-order valence-corrected chi connectivity index (χ3v) is 5.30. The van der Waals surface area contributed by atoms with E-state index in [0.29, 0.717) is 13.0 Å². The van der Waals surface area contributed by atoms with Crippen molar-refractivity contribution in [3.8, 4) is 0 Å². The summed E-state index contributed by atoms with van der Waals surface area (Å²) in [6.45, 7) is 2.97. The number of aromatic nitrogens is 2. The van der Waals surface area contributed by atoms with Crippen molar-refractivity contribution in [2.24, 2.45) is 0 Å². The molecule has 1 N–H and O–H groups in total. The number of para-hydroxylation sites is 1.